The average Bonchev–Trinajstić information content (AvgIpc) is 2.86. The van der Waals surface area contributed by atoms with E-state index < -0.39 is 6.02 Å². The number of nitrogens with one attached hydrogen (secondary N) is 1. The fraction of sp³-hybridized carbons (Fsp3) is 0.417. The summed E-state index contributed by atoms with van der Waals surface area (Å²) in [5.74, 6) is 0.520. The summed E-state index contributed by atoms with van der Waals surface area (Å²) in [7, 11) is 1.83. The van der Waals surface area contributed by atoms with Crippen molar-refractivity contribution in [2.45, 2.75) is 19.4 Å². The van der Waals surface area contributed by atoms with Crippen molar-refractivity contribution in [2.24, 2.45) is 0 Å². The molecule has 0 aliphatic rings. The molecule has 7 heteroatoms. The Kier molecular flexibility index (Phi) is 4.27. The predicted molar refractivity (Wildman–Crippen MR) is 75.7 cm³/mol. The number of aromatic nitrogens is 4. The Bertz CT molecular complexity index is 603. The molecule has 1 unspecified atom stereocenters. The highest BCUT2D eigenvalue weighted by atomic mass is 35.5. The fourth-order valence-corrected chi connectivity index (χ4v) is 1.98. The van der Waals surface area contributed by atoms with Crippen LogP contribution in [0.15, 0.2) is 18.2 Å². The third-order valence-corrected chi connectivity index (χ3v) is 3.36. The number of rotatable bonds is 5. The number of hydrogen-bond donors (Lipinski definition) is 1. The van der Waals surface area contributed by atoms with Gasteiger partial charge in [0, 0.05) is 0 Å². The maximum Gasteiger partial charge on any atom is 0.171 e. The Labute approximate surface area is 123 Å². The van der Waals surface area contributed by atoms with Crippen molar-refractivity contribution in [3.05, 3.63) is 39.6 Å². The smallest absolute Gasteiger partial charge is 0.171 e. The molecule has 102 valence electrons. The molecule has 1 atom stereocenters. The molecule has 0 aliphatic heterocycles. The van der Waals surface area contributed by atoms with Crippen molar-refractivity contribution in [3.63, 3.8) is 0 Å². The van der Waals surface area contributed by atoms with E-state index in [9.17, 15) is 0 Å². The highest BCUT2D eigenvalue weighted by Gasteiger charge is 2.17. The molecule has 1 aromatic heterocycles. The van der Waals surface area contributed by atoms with Gasteiger partial charge in [-0.3, -0.25) is 0 Å². The van der Waals surface area contributed by atoms with E-state index in [1.165, 1.54) is 4.80 Å². The first-order valence-electron chi connectivity index (χ1n) is 6.34. The summed E-state index contributed by atoms with van der Waals surface area (Å²) in [4.78, 5) is 1.30. The molecule has 19 heavy (non-hydrogen) atoms. The number of halogens is 2. The molecule has 0 aliphatic carbocycles. The molecule has 0 fully saturated rings. The van der Waals surface area contributed by atoms with Gasteiger partial charge in [-0.25, -0.2) is 0 Å². The van der Waals surface area contributed by atoms with E-state index in [-0.39, 0.29) is 0 Å². The standard InChI is InChI=1S/C12H15Cl2N5/c1-8-16-18-19(17-8)12(5-6-15-2)9-3-4-10(13)11(14)7-9/h3-4,7,12,15H,5-6H2,1-2H3/i12D. The molecule has 5 nitrogen and oxygen atoms in total. The lowest BCUT2D eigenvalue weighted by molar-refractivity contribution is 0.421. The molecule has 0 saturated carbocycles. The molecule has 0 bridgehead atoms. The van der Waals surface area contributed by atoms with Crippen molar-refractivity contribution < 1.29 is 1.37 Å². The summed E-state index contributed by atoms with van der Waals surface area (Å²) in [5.41, 5.74) is 0.666. The van der Waals surface area contributed by atoms with Gasteiger partial charge >= 0.3 is 0 Å². The number of benzene rings is 1. The minimum absolute atomic E-state index is 0.405. The van der Waals surface area contributed by atoms with E-state index in [1.54, 1.807) is 25.1 Å². The molecule has 1 N–H and O–H groups in total. The third kappa shape index (κ3) is 3.43. The van der Waals surface area contributed by atoms with Crippen LogP contribution in [0, 0.1) is 6.92 Å². The van der Waals surface area contributed by atoms with Gasteiger partial charge in [-0.05, 0) is 49.8 Å². The van der Waals surface area contributed by atoms with Gasteiger partial charge in [0.15, 0.2) is 5.82 Å². The lowest BCUT2D eigenvalue weighted by atomic mass is 10.0. The van der Waals surface area contributed by atoms with Crippen molar-refractivity contribution in [3.8, 4) is 0 Å². The van der Waals surface area contributed by atoms with E-state index in [4.69, 9.17) is 24.6 Å². The van der Waals surface area contributed by atoms with Crippen LogP contribution in [-0.4, -0.2) is 33.8 Å². The summed E-state index contributed by atoms with van der Waals surface area (Å²) < 4.78 is 8.74. The second-order valence-electron chi connectivity index (χ2n) is 4.06. The van der Waals surface area contributed by atoms with Gasteiger partial charge in [0.05, 0.1) is 17.4 Å². The van der Waals surface area contributed by atoms with Crippen LogP contribution in [0.5, 0.6) is 0 Å². The number of tetrazole rings is 1. The van der Waals surface area contributed by atoms with Crippen LogP contribution in [0.3, 0.4) is 0 Å². The first kappa shape index (κ1) is 12.8. The van der Waals surface area contributed by atoms with Crippen LogP contribution < -0.4 is 5.32 Å². The molecule has 0 radical (unpaired) electrons. The zero-order valence-corrected chi connectivity index (χ0v) is 12.2. The zero-order valence-electron chi connectivity index (χ0n) is 11.7. The topological polar surface area (TPSA) is 55.6 Å². The number of aryl methyl sites for hydroxylation is 1. The van der Waals surface area contributed by atoms with Crippen LogP contribution in [0.25, 0.3) is 0 Å². The molecule has 2 aromatic rings. The molecule has 1 aromatic carbocycles. The van der Waals surface area contributed by atoms with E-state index in [0.29, 0.717) is 34.4 Å². The fourth-order valence-electron chi connectivity index (χ4n) is 1.68. The maximum absolute atomic E-state index is 8.74. The van der Waals surface area contributed by atoms with E-state index >= 15 is 0 Å². The first-order valence-corrected chi connectivity index (χ1v) is 6.60. The lowest BCUT2D eigenvalue weighted by Gasteiger charge is -2.16. The molecular formula is C12H15Cl2N5. The Morgan fingerprint density at radius 1 is 1.42 bits per heavy atom. The molecule has 2 rings (SSSR count). The predicted octanol–water partition coefficient (Wildman–Crippen LogP) is 2.49. The Hall–Kier alpha value is -1.17. The second-order valence-corrected chi connectivity index (χ2v) is 4.87. The summed E-state index contributed by atoms with van der Waals surface area (Å²) in [6.45, 7) is 2.36. The summed E-state index contributed by atoms with van der Waals surface area (Å²) in [6, 6.07) is 3.92. The van der Waals surface area contributed by atoms with Crippen LogP contribution in [0.4, 0.5) is 0 Å². The van der Waals surface area contributed by atoms with E-state index in [1.807, 2.05) is 7.05 Å². The van der Waals surface area contributed by atoms with Crippen molar-refractivity contribution in [2.75, 3.05) is 13.6 Å². The summed E-state index contributed by atoms with van der Waals surface area (Å²) >= 11 is 12.0. The van der Waals surface area contributed by atoms with Gasteiger partial charge in [0.25, 0.3) is 0 Å². The monoisotopic (exact) mass is 300 g/mol. The minimum atomic E-state index is -1.18. The normalized spacial score (nSPS) is 15.1. The quantitative estimate of drug-likeness (QED) is 0.922. The Balaban J connectivity index is 2.47. The van der Waals surface area contributed by atoms with Gasteiger partial charge in [0.1, 0.15) is 0 Å². The van der Waals surface area contributed by atoms with Crippen LogP contribution in [0.2, 0.25) is 10.0 Å². The maximum atomic E-state index is 8.74. The van der Waals surface area contributed by atoms with Crippen LogP contribution in [-0.2, 0) is 0 Å². The highest BCUT2D eigenvalue weighted by Crippen LogP contribution is 2.28. The SMILES string of the molecule is [2H]C(CCNC)(c1ccc(Cl)c(Cl)c1)n1nnc(C)n1. The second kappa shape index (κ2) is 6.32. The number of hydrogen-bond acceptors (Lipinski definition) is 4. The average molecular weight is 301 g/mol. The zero-order chi connectivity index (χ0) is 14.8. The van der Waals surface area contributed by atoms with Crippen molar-refractivity contribution in [1.29, 1.82) is 0 Å². The Morgan fingerprint density at radius 3 is 2.79 bits per heavy atom. The molecule has 0 amide bonds. The van der Waals surface area contributed by atoms with Gasteiger partial charge in [-0.2, -0.15) is 4.80 Å². The van der Waals surface area contributed by atoms with Crippen molar-refractivity contribution >= 4 is 23.2 Å². The van der Waals surface area contributed by atoms with E-state index in [0.717, 1.165) is 0 Å². The first-order chi connectivity index (χ1) is 9.47. The van der Waals surface area contributed by atoms with E-state index in [2.05, 4.69) is 20.7 Å². The molecular weight excluding hydrogens is 285 g/mol. The van der Waals surface area contributed by atoms with Gasteiger partial charge in [0.2, 0.25) is 0 Å². The van der Waals surface area contributed by atoms with Gasteiger partial charge in [-0.1, -0.05) is 29.3 Å². The van der Waals surface area contributed by atoms with Crippen LogP contribution >= 0.6 is 23.2 Å². The molecule has 0 saturated heterocycles. The molecule has 1 heterocycles. The summed E-state index contributed by atoms with van der Waals surface area (Å²) in [6.07, 6.45) is 0.470. The minimum Gasteiger partial charge on any atom is -0.320 e. The summed E-state index contributed by atoms with van der Waals surface area (Å²) in [5, 5.41) is 15.8. The van der Waals surface area contributed by atoms with Gasteiger partial charge in [-0.15, -0.1) is 10.2 Å². The lowest BCUT2D eigenvalue weighted by Crippen LogP contribution is -2.20. The largest absolute Gasteiger partial charge is 0.320 e. The molecule has 0 spiro atoms. The van der Waals surface area contributed by atoms with Crippen molar-refractivity contribution in [1.82, 2.24) is 25.5 Å². The highest BCUT2D eigenvalue weighted by molar-refractivity contribution is 6.42. The Morgan fingerprint density at radius 2 is 2.21 bits per heavy atom. The third-order valence-electron chi connectivity index (χ3n) is 2.62. The number of nitrogens with zero attached hydrogens (tertiary/aromatic N) is 4. The van der Waals surface area contributed by atoms with Gasteiger partial charge < -0.3 is 5.32 Å². The van der Waals surface area contributed by atoms with Crippen LogP contribution in [0.1, 0.15) is 25.2 Å².